The SMILES string of the molecule is O=S(=O)(NCc1nnc2ccccn12)c1cnc2ccccc2c1. The number of aromatic nitrogens is 4. The van der Waals surface area contributed by atoms with Crippen molar-refractivity contribution in [3.05, 3.63) is 66.7 Å². The monoisotopic (exact) mass is 339 g/mol. The van der Waals surface area contributed by atoms with E-state index in [1.165, 1.54) is 6.20 Å². The van der Waals surface area contributed by atoms with E-state index in [-0.39, 0.29) is 11.4 Å². The third-order valence-electron chi connectivity index (χ3n) is 3.68. The Labute approximate surface area is 138 Å². The fraction of sp³-hybridized carbons (Fsp3) is 0.0625. The molecule has 0 bridgehead atoms. The average Bonchev–Trinajstić information content (AvgIpc) is 3.03. The summed E-state index contributed by atoms with van der Waals surface area (Å²) in [6.45, 7) is 0.0420. The van der Waals surface area contributed by atoms with E-state index in [0.29, 0.717) is 11.5 Å². The molecular weight excluding hydrogens is 326 g/mol. The van der Waals surface area contributed by atoms with Crippen molar-refractivity contribution in [3.8, 4) is 0 Å². The third-order valence-corrected chi connectivity index (χ3v) is 5.05. The molecule has 0 fully saturated rings. The Morgan fingerprint density at radius 3 is 2.79 bits per heavy atom. The summed E-state index contributed by atoms with van der Waals surface area (Å²) in [5, 5.41) is 8.78. The quantitative estimate of drug-likeness (QED) is 0.612. The summed E-state index contributed by atoms with van der Waals surface area (Å²) in [6, 6.07) is 14.5. The minimum atomic E-state index is -3.69. The second kappa shape index (κ2) is 5.66. The van der Waals surface area contributed by atoms with Gasteiger partial charge in [0.1, 0.15) is 4.90 Å². The van der Waals surface area contributed by atoms with E-state index in [1.54, 1.807) is 22.7 Å². The zero-order valence-electron chi connectivity index (χ0n) is 12.5. The van der Waals surface area contributed by atoms with Crippen molar-refractivity contribution < 1.29 is 8.42 Å². The molecule has 1 aromatic carbocycles. The summed E-state index contributed by atoms with van der Waals surface area (Å²) in [7, 11) is -3.69. The highest BCUT2D eigenvalue weighted by Gasteiger charge is 2.16. The first kappa shape index (κ1) is 14.7. The van der Waals surface area contributed by atoms with Gasteiger partial charge in [-0.25, -0.2) is 13.1 Å². The van der Waals surface area contributed by atoms with Gasteiger partial charge in [-0.15, -0.1) is 10.2 Å². The van der Waals surface area contributed by atoms with Gasteiger partial charge < -0.3 is 0 Å². The first-order valence-electron chi connectivity index (χ1n) is 7.27. The van der Waals surface area contributed by atoms with Crippen LogP contribution < -0.4 is 4.72 Å². The Morgan fingerprint density at radius 2 is 1.88 bits per heavy atom. The van der Waals surface area contributed by atoms with Gasteiger partial charge in [0.05, 0.1) is 12.1 Å². The summed E-state index contributed by atoms with van der Waals surface area (Å²) in [5.41, 5.74) is 1.42. The van der Waals surface area contributed by atoms with Crippen LogP contribution in [0.2, 0.25) is 0 Å². The zero-order valence-corrected chi connectivity index (χ0v) is 13.3. The Hall–Kier alpha value is -2.84. The largest absolute Gasteiger partial charge is 0.285 e. The number of para-hydroxylation sites is 1. The van der Waals surface area contributed by atoms with Crippen LogP contribution in [0.25, 0.3) is 16.6 Å². The maximum absolute atomic E-state index is 12.5. The van der Waals surface area contributed by atoms with Crippen LogP contribution >= 0.6 is 0 Å². The lowest BCUT2D eigenvalue weighted by Crippen LogP contribution is -2.24. The van der Waals surface area contributed by atoms with Crippen molar-refractivity contribution in [1.82, 2.24) is 24.3 Å². The Morgan fingerprint density at radius 1 is 1.04 bits per heavy atom. The van der Waals surface area contributed by atoms with Crippen molar-refractivity contribution >= 4 is 26.6 Å². The van der Waals surface area contributed by atoms with Gasteiger partial charge in [-0.1, -0.05) is 24.3 Å². The summed E-state index contributed by atoms with van der Waals surface area (Å²) >= 11 is 0. The van der Waals surface area contributed by atoms with Gasteiger partial charge in [-0.3, -0.25) is 9.38 Å². The number of hydrogen-bond donors (Lipinski definition) is 1. The molecule has 0 aliphatic heterocycles. The van der Waals surface area contributed by atoms with Crippen LogP contribution in [0.5, 0.6) is 0 Å². The maximum Gasteiger partial charge on any atom is 0.242 e. The van der Waals surface area contributed by atoms with Gasteiger partial charge in [-0.2, -0.15) is 0 Å². The normalized spacial score (nSPS) is 12.0. The predicted octanol–water partition coefficient (Wildman–Crippen LogP) is 1.76. The van der Waals surface area contributed by atoms with E-state index in [9.17, 15) is 8.42 Å². The van der Waals surface area contributed by atoms with E-state index in [0.717, 1.165) is 10.9 Å². The van der Waals surface area contributed by atoms with E-state index in [4.69, 9.17) is 0 Å². The third kappa shape index (κ3) is 2.61. The van der Waals surface area contributed by atoms with Crippen molar-refractivity contribution in [3.63, 3.8) is 0 Å². The summed E-state index contributed by atoms with van der Waals surface area (Å²) in [4.78, 5) is 4.31. The van der Waals surface area contributed by atoms with Crippen molar-refractivity contribution in [2.45, 2.75) is 11.4 Å². The number of hydrogen-bond acceptors (Lipinski definition) is 5. The Balaban J connectivity index is 1.62. The Kier molecular flexibility index (Phi) is 3.47. The molecule has 24 heavy (non-hydrogen) atoms. The molecule has 0 unspecified atom stereocenters. The second-order valence-electron chi connectivity index (χ2n) is 5.23. The van der Waals surface area contributed by atoms with Crippen LogP contribution in [0, 0.1) is 0 Å². The van der Waals surface area contributed by atoms with Gasteiger partial charge in [0.2, 0.25) is 10.0 Å². The molecule has 0 saturated carbocycles. The molecular formula is C16H13N5O2S. The van der Waals surface area contributed by atoms with Crippen LogP contribution in [0.3, 0.4) is 0 Å². The fourth-order valence-electron chi connectivity index (χ4n) is 2.45. The molecule has 4 aromatic rings. The molecule has 3 aromatic heterocycles. The Bertz CT molecular complexity index is 1140. The minimum absolute atomic E-state index is 0.0420. The zero-order chi connectivity index (χ0) is 16.6. The van der Waals surface area contributed by atoms with Gasteiger partial charge in [0.25, 0.3) is 0 Å². The number of benzene rings is 1. The molecule has 0 aliphatic rings. The number of pyridine rings is 2. The molecule has 120 valence electrons. The van der Waals surface area contributed by atoms with Crippen LogP contribution in [0.4, 0.5) is 0 Å². The highest BCUT2D eigenvalue weighted by Crippen LogP contribution is 2.16. The number of nitrogens with zero attached hydrogens (tertiary/aromatic N) is 4. The second-order valence-corrected chi connectivity index (χ2v) is 7.00. The fourth-order valence-corrected chi connectivity index (χ4v) is 3.41. The first-order valence-corrected chi connectivity index (χ1v) is 8.75. The molecule has 4 rings (SSSR count). The van der Waals surface area contributed by atoms with Crippen LogP contribution in [-0.4, -0.2) is 28.0 Å². The molecule has 1 N–H and O–H groups in total. The topological polar surface area (TPSA) is 89.2 Å². The van der Waals surface area contributed by atoms with E-state index in [2.05, 4.69) is 19.9 Å². The molecule has 3 heterocycles. The smallest absolute Gasteiger partial charge is 0.242 e. The molecule has 0 radical (unpaired) electrons. The molecule has 0 aliphatic carbocycles. The number of fused-ring (bicyclic) bond motifs is 2. The number of sulfonamides is 1. The summed E-state index contributed by atoms with van der Waals surface area (Å²) in [6.07, 6.45) is 3.14. The van der Waals surface area contributed by atoms with Gasteiger partial charge in [0, 0.05) is 17.8 Å². The van der Waals surface area contributed by atoms with Gasteiger partial charge >= 0.3 is 0 Å². The van der Waals surface area contributed by atoms with Crippen LogP contribution in [0.1, 0.15) is 5.82 Å². The molecule has 0 atom stereocenters. The molecule has 0 saturated heterocycles. The lowest BCUT2D eigenvalue weighted by Gasteiger charge is -2.06. The highest BCUT2D eigenvalue weighted by molar-refractivity contribution is 7.89. The standard InChI is InChI=1S/C16H13N5O2S/c22-24(23,13-9-12-5-1-2-6-14(12)17-10-13)18-11-16-20-19-15-7-3-4-8-21(15)16/h1-10,18H,11H2. The summed E-state index contributed by atoms with van der Waals surface area (Å²) in [5.74, 6) is 0.517. The van der Waals surface area contributed by atoms with E-state index >= 15 is 0 Å². The van der Waals surface area contributed by atoms with Gasteiger partial charge in [0.15, 0.2) is 11.5 Å². The van der Waals surface area contributed by atoms with E-state index < -0.39 is 10.0 Å². The highest BCUT2D eigenvalue weighted by atomic mass is 32.2. The van der Waals surface area contributed by atoms with Gasteiger partial charge in [-0.05, 0) is 24.3 Å². The molecule has 0 amide bonds. The molecule has 0 spiro atoms. The minimum Gasteiger partial charge on any atom is -0.285 e. The van der Waals surface area contributed by atoms with Crippen LogP contribution in [0.15, 0.2) is 65.8 Å². The first-order chi connectivity index (χ1) is 11.6. The number of rotatable bonds is 4. The average molecular weight is 339 g/mol. The predicted molar refractivity (Wildman–Crippen MR) is 88.8 cm³/mol. The lowest BCUT2D eigenvalue weighted by atomic mass is 10.2. The lowest BCUT2D eigenvalue weighted by molar-refractivity contribution is 0.578. The summed E-state index contributed by atoms with van der Waals surface area (Å²) < 4.78 is 29.3. The molecule has 7 nitrogen and oxygen atoms in total. The van der Waals surface area contributed by atoms with E-state index in [1.807, 2.05) is 36.4 Å². The van der Waals surface area contributed by atoms with Crippen molar-refractivity contribution in [2.24, 2.45) is 0 Å². The number of nitrogens with one attached hydrogen (secondary N) is 1. The molecule has 8 heteroatoms. The van der Waals surface area contributed by atoms with Crippen molar-refractivity contribution in [2.75, 3.05) is 0 Å². The van der Waals surface area contributed by atoms with Crippen molar-refractivity contribution in [1.29, 1.82) is 0 Å². The maximum atomic E-state index is 12.5. The van der Waals surface area contributed by atoms with Crippen LogP contribution in [-0.2, 0) is 16.6 Å².